The van der Waals surface area contributed by atoms with Crippen LogP contribution in [0.4, 0.5) is 18.9 Å². The Labute approximate surface area is 224 Å². The van der Waals surface area contributed by atoms with E-state index in [9.17, 15) is 22.8 Å². The van der Waals surface area contributed by atoms with Crippen LogP contribution in [0.3, 0.4) is 0 Å². The number of halogens is 4. The van der Waals surface area contributed by atoms with Crippen LogP contribution in [-0.2, 0) is 10.2 Å². The van der Waals surface area contributed by atoms with Gasteiger partial charge in [0.15, 0.2) is 0 Å². The lowest BCUT2D eigenvalue weighted by Gasteiger charge is -2.47. The number of nitrogens with zero attached hydrogens (tertiary/aromatic N) is 3. The number of anilines is 1. The van der Waals surface area contributed by atoms with Crippen LogP contribution in [0, 0.1) is 17.7 Å². The van der Waals surface area contributed by atoms with Crippen LogP contribution in [0.2, 0.25) is 5.02 Å². The lowest BCUT2D eigenvalue weighted by Crippen LogP contribution is -2.64. The Hall–Kier alpha value is -2.65. The first-order valence-electron chi connectivity index (χ1n) is 13.3. The quantitative estimate of drug-likeness (QED) is 0.524. The maximum atomic E-state index is 14.2. The zero-order valence-corrected chi connectivity index (χ0v) is 21.7. The SMILES string of the molecule is O=C(NC1CCC(CN2C(=O)C3(CN(CC4CC4)C3)c3ccc(F)cc32)CC1)c1cc(Cl)cnc1C(F)F. The minimum Gasteiger partial charge on any atom is -0.349 e. The normalized spacial score (nSPS) is 24.6. The molecule has 0 atom stereocenters. The van der Waals surface area contributed by atoms with Crippen molar-refractivity contribution < 1.29 is 22.8 Å². The molecule has 0 radical (unpaired) electrons. The smallest absolute Gasteiger partial charge is 0.281 e. The second-order valence-corrected chi connectivity index (χ2v) is 11.8. The fourth-order valence-corrected chi connectivity index (χ4v) is 6.59. The van der Waals surface area contributed by atoms with E-state index in [2.05, 4.69) is 15.2 Å². The van der Waals surface area contributed by atoms with E-state index in [1.54, 1.807) is 11.0 Å². The minimum absolute atomic E-state index is 0.0635. The summed E-state index contributed by atoms with van der Waals surface area (Å²) in [4.78, 5) is 34.2. The zero-order chi connectivity index (χ0) is 26.6. The van der Waals surface area contributed by atoms with E-state index in [4.69, 9.17) is 11.6 Å². The highest BCUT2D eigenvalue weighted by molar-refractivity contribution is 6.30. The van der Waals surface area contributed by atoms with E-state index in [1.807, 2.05) is 0 Å². The van der Waals surface area contributed by atoms with E-state index < -0.39 is 23.4 Å². The van der Waals surface area contributed by atoms with Gasteiger partial charge in [-0.2, -0.15) is 0 Å². The molecule has 3 fully saturated rings. The number of aromatic nitrogens is 1. The van der Waals surface area contributed by atoms with Crippen molar-refractivity contribution in [2.45, 2.75) is 56.4 Å². The van der Waals surface area contributed by atoms with Gasteiger partial charge in [0.05, 0.1) is 16.3 Å². The van der Waals surface area contributed by atoms with Gasteiger partial charge in [-0.3, -0.25) is 14.6 Å². The topological polar surface area (TPSA) is 65.5 Å². The summed E-state index contributed by atoms with van der Waals surface area (Å²) in [6.45, 7) is 2.92. The van der Waals surface area contributed by atoms with Gasteiger partial charge in [0.2, 0.25) is 5.91 Å². The Morgan fingerprint density at radius 3 is 2.45 bits per heavy atom. The molecule has 1 aromatic heterocycles. The number of nitrogens with one attached hydrogen (secondary N) is 1. The molecule has 0 unspecified atom stereocenters. The van der Waals surface area contributed by atoms with Gasteiger partial charge >= 0.3 is 0 Å². The summed E-state index contributed by atoms with van der Waals surface area (Å²) in [7, 11) is 0. The number of alkyl halides is 2. The van der Waals surface area contributed by atoms with E-state index in [-0.39, 0.29) is 34.3 Å². The molecule has 1 spiro atoms. The van der Waals surface area contributed by atoms with Gasteiger partial charge in [0.25, 0.3) is 12.3 Å². The number of likely N-dealkylation sites (tertiary alicyclic amines) is 1. The van der Waals surface area contributed by atoms with Crippen molar-refractivity contribution in [3.05, 3.63) is 58.1 Å². The molecule has 3 heterocycles. The van der Waals surface area contributed by atoms with Crippen LogP contribution in [0.25, 0.3) is 0 Å². The standard InChI is InChI=1S/C28H30ClF3N4O2/c29-18-9-21(24(25(31)32)33-11-18)26(37)34-20-6-3-17(4-7-20)13-36-23-10-19(30)5-8-22(23)28(27(36)38)14-35(15-28)12-16-1-2-16/h5,8-11,16-17,20,25H,1-4,6-7,12-15H2,(H,34,37). The number of carbonyl (C=O) groups excluding carboxylic acids is 2. The molecule has 2 aromatic rings. The molecule has 6 nitrogen and oxygen atoms in total. The Bertz CT molecular complexity index is 1260. The van der Waals surface area contributed by atoms with Crippen molar-refractivity contribution in [3.63, 3.8) is 0 Å². The highest BCUT2D eigenvalue weighted by atomic mass is 35.5. The highest BCUT2D eigenvalue weighted by Crippen LogP contribution is 2.49. The number of hydrogen-bond acceptors (Lipinski definition) is 4. The number of rotatable bonds is 7. The number of benzene rings is 1. The number of fused-ring (bicyclic) bond motifs is 2. The van der Waals surface area contributed by atoms with Crippen LogP contribution >= 0.6 is 11.6 Å². The van der Waals surface area contributed by atoms with Gasteiger partial charge in [0.1, 0.15) is 16.9 Å². The van der Waals surface area contributed by atoms with E-state index >= 15 is 0 Å². The summed E-state index contributed by atoms with van der Waals surface area (Å²) in [5.41, 5.74) is 0.250. The Kier molecular flexibility index (Phi) is 6.63. The van der Waals surface area contributed by atoms with Crippen LogP contribution < -0.4 is 10.2 Å². The molecule has 2 amide bonds. The van der Waals surface area contributed by atoms with Crippen molar-refractivity contribution >= 4 is 29.1 Å². The van der Waals surface area contributed by atoms with Crippen molar-refractivity contribution in [2.75, 3.05) is 31.1 Å². The Morgan fingerprint density at radius 1 is 1.08 bits per heavy atom. The lowest BCUT2D eigenvalue weighted by molar-refractivity contribution is -0.129. The van der Waals surface area contributed by atoms with Crippen molar-refractivity contribution in [2.24, 2.45) is 11.8 Å². The van der Waals surface area contributed by atoms with E-state index in [0.717, 1.165) is 37.1 Å². The van der Waals surface area contributed by atoms with Crippen LogP contribution in [0.5, 0.6) is 0 Å². The number of amides is 2. The minimum atomic E-state index is -2.88. The van der Waals surface area contributed by atoms with Gasteiger partial charge < -0.3 is 15.1 Å². The van der Waals surface area contributed by atoms with Crippen molar-refractivity contribution in [1.82, 2.24) is 15.2 Å². The summed E-state index contributed by atoms with van der Waals surface area (Å²) in [6, 6.07) is 5.76. The highest BCUT2D eigenvalue weighted by Gasteiger charge is 2.58. The number of hydrogen-bond donors (Lipinski definition) is 1. The molecule has 2 aliphatic heterocycles. The molecule has 202 valence electrons. The van der Waals surface area contributed by atoms with Gasteiger partial charge in [-0.1, -0.05) is 17.7 Å². The fraction of sp³-hybridized carbons (Fsp3) is 0.536. The zero-order valence-electron chi connectivity index (χ0n) is 20.9. The second kappa shape index (κ2) is 9.83. The first-order valence-corrected chi connectivity index (χ1v) is 13.7. The Balaban J connectivity index is 1.09. The number of pyridine rings is 1. The number of carbonyl (C=O) groups is 2. The average Bonchev–Trinajstić information content (AvgIpc) is 3.65. The summed E-state index contributed by atoms with van der Waals surface area (Å²) in [5, 5.41) is 2.97. The second-order valence-electron chi connectivity index (χ2n) is 11.4. The van der Waals surface area contributed by atoms with Crippen molar-refractivity contribution in [1.29, 1.82) is 0 Å². The average molecular weight is 547 g/mol. The summed E-state index contributed by atoms with van der Waals surface area (Å²) in [6.07, 6.45) is 3.59. The molecule has 2 saturated carbocycles. The molecule has 2 aliphatic carbocycles. The summed E-state index contributed by atoms with van der Waals surface area (Å²) >= 11 is 5.89. The van der Waals surface area contributed by atoms with Gasteiger partial charge in [0, 0.05) is 38.4 Å². The molecule has 1 saturated heterocycles. The molecular formula is C28H30ClF3N4O2. The maximum absolute atomic E-state index is 14.2. The molecule has 10 heteroatoms. The van der Waals surface area contributed by atoms with Crippen molar-refractivity contribution in [3.8, 4) is 0 Å². The third-order valence-electron chi connectivity index (χ3n) is 8.58. The predicted molar refractivity (Wildman–Crippen MR) is 137 cm³/mol. The molecule has 38 heavy (non-hydrogen) atoms. The van der Waals surface area contributed by atoms with Gasteiger partial charge in [-0.05, 0) is 74.1 Å². The van der Waals surface area contributed by atoms with Gasteiger partial charge in [-0.15, -0.1) is 0 Å². The third kappa shape index (κ3) is 4.68. The first-order chi connectivity index (χ1) is 18.2. The van der Waals surface area contributed by atoms with Crippen LogP contribution in [0.1, 0.15) is 66.6 Å². The lowest BCUT2D eigenvalue weighted by atomic mass is 9.74. The Morgan fingerprint density at radius 2 is 1.76 bits per heavy atom. The van der Waals surface area contributed by atoms with Crippen LogP contribution in [-0.4, -0.2) is 53.9 Å². The molecule has 1 N–H and O–H groups in total. The summed E-state index contributed by atoms with van der Waals surface area (Å²) in [5.74, 6) is 0.0536. The first kappa shape index (κ1) is 25.6. The molecule has 1 aromatic carbocycles. The molecular weight excluding hydrogens is 517 g/mol. The molecule has 4 aliphatic rings. The molecule has 6 rings (SSSR count). The fourth-order valence-electron chi connectivity index (χ4n) is 6.43. The summed E-state index contributed by atoms with van der Waals surface area (Å²) < 4.78 is 40.9. The monoisotopic (exact) mass is 546 g/mol. The van der Waals surface area contributed by atoms with E-state index in [1.165, 1.54) is 31.0 Å². The van der Waals surface area contributed by atoms with Gasteiger partial charge in [-0.25, -0.2) is 13.2 Å². The van der Waals surface area contributed by atoms with Crippen LogP contribution in [0.15, 0.2) is 30.5 Å². The van der Waals surface area contributed by atoms with E-state index in [0.29, 0.717) is 38.2 Å². The molecule has 0 bridgehead atoms. The largest absolute Gasteiger partial charge is 0.349 e. The third-order valence-corrected chi connectivity index (χ3v) is 8.79. The maximum Gasteiger partial charge on any atom is 0.281 e. The predicted octanol–water partition coefficient (Wildman–Crippen LogP) is 5.11.